The molecule has 5 N–H and O–H groups in total. The molecule has 0 aromatic heterocycles. The van der Waals surface area contributed by atoms with Gasteiger partial charge in [0, 0.05) is 39.4 Å². The number of methoxy groups -OCH3 is 1. The molecule has 1 aliphatic carbocycles. The predicted molar refractivity (Wildman–Crippen MR) is 160 cm³/mol. The maximum Gasteiger partial charge on any atom is 0.356 e. The normalized spacial score (nSPS) is 21.5. The Hall–Kier alpha value is -3.68. The van der Waals surface area contributed by atoms with Gasteiger partial charge in [-0.2, -0.15) is 5.12 Å². The lowest BCUT2D eigenvalue weighted by Gasteiger charge is -2.40. The summed E-state index contributed by atoms with van der Waals surface area (Å²) in [6.45, 7) is 5.99. The summed E-state index contributed by atoms with van der Waals surface area (Å²) in [6, 6.07) is 5.45. The van der Waals surface area contributed by atoms with Gasteiger partial charge in [-0.05, 0) is 68.4 Å². The zero-order chi connectivity index (χ0) is 32.0. The molecular weight excluding hydrogens is 573 g/mol. The number of para-hydroxylation sites is 1. The molecule has 1 amide bonds. The van der Waals surface area contributed by atoms with Crippen LogP contribution in [0, 0.1) is 23.6 Å². The number of nitrogens with zero attached hydrogens (tertiary/aromatic N) is 3. The molecule has 2 fully saturated rings. The molecule has 0 bridgehead atoms. The van der Waals surface area contributed by atoms with Crippen LogP contribution in [0.25, 0.3) is 0 Å². The Labute approximate surface area is 257 Å². The Balaban J connectivity index is 1.79. The van der Waals surface area contributed by atoms with Crippen LogP contribution in [0.1, 0.15) is 52.4 Å². The van der Waals surface area contributed by atoms with E-state index in [4.69, 9.17) is 4.74 Å². The molecule has 0 radical (unpaired) electrons. The summed E-state index contributed by atoms with van der Waals surface area (Å²) in [5, 5.41) is 36.0. The quantitative estimate of drug-likeness (QED) is 0.146. The maximum absolute atomic E-state index is 15.3. The van der Waals surface area contributed by atoms with Crippen LogP contribution < -0.4 is 15.8 Å². The number of anilines is 1. The number of hydrogen-bond acceptors (Lipinski definition) is 9. The van der Waals surface area contributed by atoms with Gasteiger partial charge in [-0.25, -0.2) is 19.0 Å². The smallest absolute Gasteiger partial charge is 0.356 e. The molecule has 4 rings (SSSR count). The lowest BCUT2D eigenvalue weighted by Crippen LogP contribution is -2.55. The summed E-state index contributed by atoms with van der Waals surface area (Å²) in [7, 11) is 1.57. The third-order valence-electron chi connectivity index (χ3n) is 8.19. The van der Waals surface area contributed by atoms with Crippen LogP contribution in [0.5, 0.6) is 0 Å². The molecule has 3 aliphatic rings. The second-order valence-corrected chi connectivity index (χ2v) is 12.1. The van der Waals surface area contributed by atoms with E-state index in [9.17, 15) is 29.7 Å². The first kappa shape index (κ1) is 33.2. The van der Waals surface area contributed by atoms with E-state index in [1.165, 1.54) is 23.2 Å². The molecule has 242 valence electrons. The number of allylic oxidation sites excluding steroid dienone is 1. The fourth-order valence-corrected chi connectivity index (χ4v) is 5.97. The molecule has 0 spiro atoms. The number of aliphatic hydroxyl groups is 1. The van der Waals surface area contributed by atoms with Crippen molar-refractivity contribution in [2.75, 3.05) is 38.4 Å². The fraction of sp³-hybridized carbons (Fsp3) is 0.581. The fourth-order valence-electron chi connectivity index (χ4n) is 5.97. The minimum atomic E-state index is -1.58. The summed E-state index contributed by atoms with van der Waals surface area (Å²) in [4.78, 5) is 40.4. The van der Waals surface area contributed by atoms with Crippen molar-refractivity contribution in [1.29, 1.82) is 0 Å². The van der Waals surface area contributed by atoms with Gasteiger partial charge in [-0.1, -0.05) is 26.0 Å². The lowest BCUT2D eigenvalue weighted by molar-refractivity contribution is -0.137. The van der Waals surface area contributed by atoms with Crippen LogP contribution in [0.4, 0.5) is 10.1 Å². The van der Waals surface area contributed by atoms with Gasteiger partial charge in [0.1, 0.15) is 17.2 Å². The zero-order valence-corrected chi connectivity index (χ0v) is 25.5. The van der Waals surface area contributed by atoms with E-state index in [0.717, 1.165) is 18.0 Å². The van der Waals surface area contributed by atoms with Crippen molar-refractivity contribution in [3.05, 3.63) is 53.2 Å². The molecule has 44 heavy (non-hydrogen) atoms. The number of benzene rings is 1. The van der Waals surface area contributed by atoms with E-state index in [-0.39, 0.29) is 41.6 Å². The number of hydrogen-bond donors (Lipinski definition) is 5. The van der Waals surface area contributed by atoms with Crippen LogP contribution in [0.15, 0.2) is 47.4 Å². The number of carboxylic acids is 2. The Kier molecular flexibility index (Phi) is 11.2. The molecule has 2 heterocycles. The van der Waals surface area contributed by atoms with Gasteiger partial charge in [-0.3, -0.25) is 10.2 Å². The minimum Gasteiger partial charge on any atom is -0.478 e. The maximum atomic E-state index is 15.3. The van der Waals surface area contributed by atoms with Gasteiger partial charge >= 0.3 is 11.9 Å². The second-order valence-electron chi connectivity index (χ2n) is 12.1. The molecule has 3 atom stereocenters. The standard InChI is InChI=1S/C31H44FN5O7/c1-19(2)18-35(22-14-21(16-33-17-22)29(40)20-11-12-20)30(41)28-25(10-6-7-13-44-3)36(24-9-5-4-8-23(24)32)37(34-28)26(31(42)43)15-27(38)39/h4-5,8-9,15,19-22,29,33-34,40H,6-7,10-14,16-18H2,1-3H3,(H,38,39)(H,42,43)/b26-15+/t21-,22+,29?/m1/s1. The molecule has 1 saturated heterocycles. The Morgan fingerprint density at radius 2 is 1.86 bits per heavy atom. The van der Waals surface area contributed by atoms with E-state index >= 15 is 4.39 Å². The highest BCUT2D eigenvalue weighted by Crippen LogP contribution is 2.39. The number of halogens is 1. The Morgan fingerprint density at radius 3 is 2.48 bits per heavy atom. The van der Waals surface area contributed by atoms with Crippen LogP contribution >= 0.6 is 0 Å². The molecule has 1 aromatic carbocycles. The number of carbonyl (C=O) groups excluding carboxylic acids is 1. The highest BCUT2D eigenvalue weighted by molar-refractivity contribution is 5.97. The van der Waals surface area contributed by atoms with Crippen molar-refractivity contribution in [2.24, 2.45) is 17.8 Å². The monoisotopic (exact) mass is 617 g/mol. The van der Waals surface area contributed by atoms with E-state index < -0.39 is 35.5 Å². The largest absolute Gasteiger partial charge is 0.478 e. The van der Waals surface area contributed by atoms with Gasteiger partial charge in [0.15, 0.2) is 5.70 Å². The third-order valence-corrected chi connectivity index (χ3v) is 8.19. The van der Waals surface area contributed by atoms with Gasteiger partial charge in [-0.15, -0.1) is 0 Å². The van der Waals surface area contributed by atoms with Crippen molar-refractivity contribution in [3.63, 3.8) is 0 Å². The number of carboxylic acid groups (broad SMARTS) is 2. The minimum absolute atomic E-state index is 0.0220. The first-order valence-electron chi connectivity index (χ1n) is 15.2. The number of hydrazine groups is 2. The summed E-state index contributed by atoms with van der Waals surface area (Å²) < 4.78 is 20.5. The molecule has 13 heteroatoms. The van der Waals surface area contributed by atoms with E-state index in [1.54, 1.807) is 18.1 Å². The second kappa shape index (κ2) is 14.9. The van der Waals surface area contributed by atoms with Crippen molar-refractivity contribution in [1.82, 2.24) is 20.8 Å². The number of rotatable bonds is 15. The number of nitrogens with one attached hydrogen (secondary N) is 2. The first-order chi connectivity index (χ1) is 21.0. The molecule has 1 saturated carbocycles. The van der Waals surface area contributed by atoms with Gasteiger partial charge in [0.2, 0.25) is 0 Å². The SMILES string of the molecule is COCCCCC1=C(C(=O)N(CC(C)C)[C@@H]2CNC[C@H](C(O)C3CC3)C2)NN(/C(=C/C(=O)O)C(=O)O)N1c1ccccc1F. The summed E-state index contributed by atoms with van der Waals surface area (Å²) >= 11 is 0. The summed E-state index contributed by atoms with van der Waals surface area (Å²) in [6.07, 6.45) is 4.02. The van der Waals surface area contributed by atoms with Crippen LogP contribution in [-0.2, 0) is 19.1 Å². The van der Waals surface area contributed by atoms with Crippen LogP contribution in [0.2, 0.25) is 0 Å². The van der Waals surface area contributed by atoms with Gasteiger partial charge < -0.3 is 30.3 Å². The number of carbonyl (C=O) groups is 3. The number of unbranched alkanes of at least 4 members (excludes halogenated alkanes) is 1. The zero-order valence-electron chi connectivity index (χ0n) is 25.5. The number of ether oxygens (including phenoxy) is 1. The lowest BCUT2D eigenvalue weighted by atomic mass is 9.87. The first-order valence-corrected chi connectivity index (χ1v) is 15.2. The highest BCUT2D eigenvalue weighted by atomic mass is 19.1. The average molecular weight is 618 g/mol. The van der Waals surface area contributed by atoms with Gasteiger partial charge in [0.05, 0.1) is 17.9 Å². The van der Waals surface area contributed by atoms with Crippen molar-refractivity contribution in [2.45, 2.75) is 64.5 Å². The van der Waals surface area contributed by atoms with Crippen LogP contribution in [-0.4, -0.2) is 88.7 Å². The molecular formula is C31H44FN5O7. The molecule has 1 aromatic rings. The Bertz CT molecular complexity index is 1270. The Morgan fingerprint density at radius 1 is 1.14 bits per heavy atom. The van der Waals surface area contributed by atoms with Crippen molar-refractivity contribution >= 4 is 23.5 Å². The van der Waals surface area contributed by atoms with E-state index in [2.05, 4.69) is 10.7 Å². The molecule has 2 aliphatic heterocycles. The number of aliphatic hydroxyl groups excluding tert-OH is 1. The van der Waals surface area contributed by atoms with E-state index in [0.29, 0.717) is 57.3 Å². The predicted octanol–water partition coefficient (Wildman–Crippen LogP) is 2.68. The average Bonchev–Trinajstić information content (AvgIpc) is 3.77. The highest BCUT2D eigenvalue weighted by Gasteiger charge is 2.43. The van der Waals surface area contributed by atoms with Crippen molar-refractivity contribution in [3.8, 4) is 0 Å². The summed E-state index contributed by atoms with van der Waals surface area (Å²) in [5.74, 6) is -3.86. The van der Waals surface area contributed by atoms with Crippen LogP contribution in [0.3, 0.4) is 0 Å². The number of amides is 1. The third kappa shape index (κ3) is 7.88. The van der Waals surface area contributed by atoms with E-state index in [1.807, 2.05) is 13.8 Å². The summed E-state index contributed by atoms with van der Waals surface area (Å²) in [5.41, 5.74) is 2.45. The van der Waals surface area contributed by atoms with Crippen molar-refractivity contribution < 1.29 is 38.8 Å². The molecule has 12 nitrogen and oxygen atoms in total. The number of piperidine rings is 1. The molecule has 1 unspecified atom stereocenters. The van der Waals surface area contributed by atoms with Gasteiger partial charge in [0.25, 0.3) is 5.91 Å². The number of aliphatic carboxylic acids is 2. The topological polar surface area (TPSA) is 155 Å².